The van der Waals surface area contributed by atoms with Gasteiger partial charge in [-0.15, -0.1) is 11.3 Å². The van der Waals surface area contributed by atoms with Gasteiger partial charge in [-0.3, -0.25) is 14.4 Å². The number of thiazole rings is 1. The summed E-state index contributed by atoms with van der Waals surface area (Å²) in [5.41, 5.74) is 1.53. The number of hydrogen-bond donors (Lipinski definition) is 2. The van der Waals surface area contributed by atoms with E-state index in [0.29, 0.717) is 5.52 Å². The molecule has 138 valence electrons. The van der Waals surface area contributed by atoms with E-state index < -0.39 is 12.0 Å². The number of hydrogen-bond acceptors (Lipinski definition) is 5. The average molecular weight is 382 g/mol. The number of Topliss-reactive ketones (excluding diaryl/α,β-unsaturated/α-hetero) is 1. The van der Waals surface area contributed by atoms with Gasteiger partial charge in [0.1, 0.15) is 0 Å². The number of aliphatic carboxylic acids is 1. The van der Waals surface area contributed by atoms with Gasteiger partial charge in [-0.2, -0.15) is 0 Å². The Morgan fingerprint density at radius 1 is 1.04 bits per heavy atom. The molecule has 0 aliphatic heterocycles. The minimum Gasteiger partial charge on any atom is -0.481 e. The van der Waals surface area contributed by atoms with Crippen molar-refractivity contribution in [2.24, 2.45) is 0 Å². The summed E-state index contributed by atoms with van der Waals surface area (Å²) in [7, 11) is 0. The molecule has 0 spiro atoms. The Balaban J connectivity index is 1.76. The number of benzene rings is 2. The predicted molar refractivity (Wildman–Crippen MR) is 103 cm³/mol. The molecule has 1 atom stereocenters. The van der Waals surface area contributed by atoms with Crippen LogP contribution in [0.1, 0.15) is 28.2 Å². The van der Waals surface area contributed by atoms with Crippen LogP contribution in [0.3, 0.4) is 0 Å². The third kappa shape index (κ3) is 4.98. The molecule has 0 fully saturated rings. The molecule has 27 heavy (non-hydrogen) atoms. The highest BCUT2D eigenvalue weighted by Gasteiger charge is 2.25. The monoisotopic (exact) mass is 382 g/mol. The van der Waals surface area contributed by atoms with Crippen molar-refractivity contribution in [3.8, 4) is 0 Å². The van der Waals surface area contributed by atoms with E-state index in [1.54, 1.807) is 0 Å². The lowest BCUT2D eigenvalue weighted by Gasteiger charge is -2.16. The van der Waals surface area contributed by atoms with Gasteiger partial charge in [-0.25, -0.2) is 4.98 Å². The van der Waals surface area contributed by atoms with Gasteiger partial charge < -0.3 is 10.4 Å². The normalized spacial score (nSPS) is 11.9. The molecule has 0 saturated carbocycles. The first-order valence-corrected chi connectivity index (χ1v) is 9.29. The highest BCUT2D eigenvalue weighted by molar-refractivity contribution is 7.20. The number of nitrogens with one attached hydrogen (secondary N) is 1. The van der Waals surface area contributed by atoms with Crippen LogP contribution in [0.5, 0.6) is 0 Å². The maximum absolute atomic E-state index is 12.9. The Morgan fingerprint density at radius 2 is 1.74 bits per heavy atom. The van der Waals surface area contributed by atoms with Crippen LogP contribution in [0.2, 0.25) is 0 Å². The number of rotatable bonds is 8. The molecule has 3 rings (SSSR count). The van der Waals surface area contributed by atoms with Gasteiger partial charge in [0.05, 0.1) is 22.7 Å². The van der Waals surface area contributed by atoms with Crippen molar-refractivity contribution in [1.82, 2.24) is 10.3 Å². The fourth-order valence-electron chi connectivity index (χ4n) is 2.69. The summed E-state index contributed by atoms with van der Waals surface area (Å²) in [5.74, 6) is -1.71. The number of fused-ring (bicyclic) bond motifs is 1. The Bertz CT molecular complexity index is 935. The highest BCUT2D eigenvalue weighted by atomic mass is 32.1. The van der Waals surface area contributed by atoms with Crippen LogP contribution >= 0.6 is 11.3 Å². The molecule has 1 amide bonds. The molecule has 2 N–H and O–H groups in total. The maximum Gasteiger partial charge on any atom is 0.303 e. The van der Waals surface area contributed by atoms with E-state index >= 15 is 0 Å². The van der Waals surface area contributed by atoms with E-state index in [4.69, 9.17) is 5.11 Å². The van der Waals surface area contributed by atoms with Crippen molar-refractivity contribution in [3.05, 3.63) is 65.2 Å². The molecule has 1 aromatic heterocycles. The zero-order chi connectivity index (χ0) is 19.2. The number of carboxylic acids is 1. The van der Waals surface area contributed by atoms with Gasteiger partial charge in [0.25, 0.3) is 0 Å². The van der Waals surface area contributed by atoms with Crippen LogP contribution in [0, 0.1) is 0 Å². The van der Waals surface area contributed by atoms with Crippen molar-refractivity contribution in [1.29, 1.82) is 0 Å². The molecular formula is C20H18N2O4S. The van der Waals surface area contributed by atoms with E-state index in [-0.39, 0.29) is 36.0 Å². The van der Waals surface area contributed by atoms with Crippen LogP contribution in [-0.2, 0) is 16.0 Å². The zero-order valence-electron chi connectivity index (χ0n) is 14.4. The molecule has 1 heterocycles. The van der Waals surface area contributed by atoms with Crippen molar-refractivity contribution < 1.29 is 19.5 Å². The Kier molecular flexibility index (Phi) is 5.93. The fraction of sp³-hybridized carbons (Fsp3) is 0.200. The second-order valence-electron chi connectivity index (χ2n) is 6.07. The number of carbonyl (C=O) groups excluding carboxylic acids is 2. The molecule has 0 aliphatic rings. The molecule has 0 aliphatic carbocycles. The Morgan fingerprint density at radius 3 is 2.44 bits per heavy atom. The Hall–Kier alpha value is -3.06. The molecule has 7 heteroatoms. The van der Waals surface area contributed by atoms with Crippen molar-refractivity contribution in [2.45, 2.75) is 25.3 Å². The van der Waals surface area contributed by atoms with Crippen molar-refractivity contribution >= 4 is 39.2 Å². The number of ketones is 1. The predicted octanol–water partition coefficient (Wildman–Crippen LogP) is 3.07. The third-order valence-electron chi connectivity index (χ3n) is 4.01. The second-order valence-corrected chi connectivity index (χ2v) is 7.10. The average Bonchev–Trinajstić information content (AvgIpc) is 3.09. The molecule has 0 saturated heterocycles. The number of aromatic nitrogens is 1. The highest BCUT2D eigenvalue weighted by Crippen LogP contribution is 2.23. The molecule has 3 aromatic rings. The Labute approximate surface area is 159 Å². The lowest BCUT2D eigenvalue weighted by molar-refractivity contribution is -0.137. The van der Waals surface area contributed by atoms with E-state index in [0.717, 1.165) is 10.3 Å². The largest absolute Gasteiger partial charge is 0.481 e. The quantitative estimate of drug-likeness (QED) is 0.584. The fourth-order valence-corrected chi connectivity index (χ4v) is 3.65. The summed E-state index contributed by atoms with van der Waals surface area (Å²) in [5, 5.41) is 11.9. The number of nitrogens with zero attached hydrogens (tertiary/aromatic N) is 1. The number of carboxylic acid groups (broad SMARTS) is 1. The summed E-state index contributed by atoms with van der Waals surface area (Å²) >= 11 is 1.24. The number of carbonyl (C=O) groups is 3. The third-order valence-corrected chi connectivity index (χ3v) is 5.06. The van der Waals surface area contributed by atoms with Gasteiger partial charge >= 0.3 is 5.97 Å². The molecule has 0 radical (unpaired) electrons. The maximum atomic E-state index is 12.9. The summed E-state index contributed by atoms with van der Waals surface area (Å²) in [6, 6.07) is 15.6. The van der Waals surface area contributed by atoms with E-state index in [1.807, 2.05) is 54.6 Å². The molecular weight excluding hydrogens is 364 g/mol. The van der Waals surface area contributed by atoms with E-state index in [9.17, 15) is 14.4 Å². The van der Waals surface area contributed by atoms with Crippen LogP contribution in [0.25, 0.3) is 10.2 Å². The lowest BCUT2D eigenvalue weighted by Crippen LogP contribution is -2.42. The van der Waals surface area contributed by atoms with Gasteiger partial charge in [0, 0.05) is 6.42 Å². The topological polar surface area (TPSA) is 96.4 Å². The van der Waals surface area contributed by atoms with Crippen LogP contribution in [0.15, 0.2) is 54.6 Å². The first-order valence-electron chi connectivity index (χ1n) is 8.48. The van der Waals surface area contributed by atoms with Crippen molar-refractivity contribution in [2.75, 3.05) is 0 Å². The first kappa shape index (κ1) is 18.7. The van der Waals surface area contributed by atoms with E-state index in [2.05, 4.69) is 10.3 Å². The smallest absolute Gasteiger partial charge is 0.303 e. The summed E-state index contributed by atoms with van der Waals surface area (Å²) < 4.78 is 0.869. The summed E-state index contributed by atoms with van der Waals surface area (Å²) in [4.78, 5) is 40.5. The summed E-state index contributed by atoms with van der Waals surface area (Å²) in [6.07, 6.45) is -0.0743. The van der Waals surface area contributed by atoms with Crippen molar-refractivity contribution in [3.63, 3.8) is 0 Å². The zero-order valence-corrected chi connectivity index (χ0v) is 15.2. The van der Waals surface area contributed by atoms with Gasteiger partial charge in [-0.05, 0) is 24.1 Å². The molecule has 2 aromatic carbocycles. The number of amides is 1. The van der Waals surface area contributed by atoms with Gasteiger partial charge in [-0.1, -0.05) is 42.5 Å². The first-order chi connectivity index (χ1) is 13.0. The summed E-state index contributed by atoms with van der Waals surface area (Å²) in [6.45, 7) is 0. The number of para-hydroxylation sites is 1. The van der Waals surface area contributed by atoms with Crippen LogP contribution in [-0.4, -0.2) is 33.8 Å². The minimum atomic E-state index is -1.02. The second kappa shape index (κ2) is 8.55. The van der Waals surface area contributed by atoms with Crippen LogP contribution in [0.4, 0.5) is 0 Å². The molecule has 0 bridgehead atoms. The minimum absolute atomic E-state index is 0.0185. The SMILES string of the molecule is O=C(O)CC[C@H](NC(=O)Cc1ccccc1)C(=O)c1nc2ccccc2s1. The molecule has 6 nitrogen and oxygen atoms in total. The lowest BCUT2D eigenvalue weighted by atomic mass is 10.1. The van der Waals surface area contributed by atoms with E-state index in [1.165, 1.54) is 11.3 Å². The van der Waals surface area contributed by atoms with Gasteiger partial charge in [0.2, 0.25) is 11.7 Å². The standard InChI is InChI=1S/C20H18N2O4S/c23-17(12-13-6-2-1-3-7-13)21-15(10-11-18(24)25)19(26)20-22-14-8-4-5-9-16(14)27-20/h1-9,15H,10-12H2,(H,21,23)(H,24,25)/t15-/m0/s1. The van der Waals surface area contributed by atoms with Gasteiger partial charge in [0.15, 0.2) is 5.01 Å². The van der Waals surface area contributed by atoms with Crippen LogP contribution < -0.4 is 5.32 Å². The molecule has 0 unspecified atom stereocenters.